The topological polar surface area (TPSA) is 15.3 Å². The number of piperazine rings is 1. The molecule has 0 aliphatic carbocycles. The van der Waals surface area contributed by atoms with Gasteiger partial charge >= 0.3 is 0 Å². The highest BCUT2D eigenvalue weighted by molar-refractivity contribution is 9.10. The third-order valence-electron chi connectivity index (χ3n) is 3.37. The third kappa shape index (κ3) is 3.30. The molecule has 0 saturated carbocycles. The second kappa shape index (κ2) is 5.98. The summed E-state index contributed by atoms with van der Waals surface area (Å²) < 4.78 is 1.18. The lowest BCUT2D eigenvalue weighted by Crippen LogP contribution is -2.46. The van der Waals surface area contributed by atoms with Crippen LogP contribution in [0.15, 0.2) is 28.7 Å². The van der Waals surface area contributed by atoms with E-state index in [0.29, 0.717) is 12.0 Å². The van der Waals surface area contributed by atoms with E-state index in [1.54, 1.807) is 0 Å². The van der Waals surface area contributed by atoms with Crippen LogP contribution < -0.4 is 5.32 Å². The van der Waals surface area contributed by atoms with E-state index in [9.17, 15) is 0 Å². The molecule has 1 N–H and O–H groups in total. The zero-order valence-electron chi connectivity index (χ0n) is 10.6. The number of nitrogens with one attached hydrogen (secondary N) is 1. The van der Waals surface area contributed by atoms with Gasteiger partial charge in [0.05, 0.1) is 0 Å². The number of rotatable bonds is 3. The zero-order chi connectivity index (χ0) is 12.3. The average Bonchev–Trinajstić information content (AvgIpc) is 2.30. The minimum atomic E-state index is 0.537. The molecule has 2 nitrogen and oxygen atoms in total. The second-order valence-electron chi connectivity index (χ2n) is 5.03. The predicted molar refractivity (Wildman–Crippen MR) is 76.2 cm³/mol. The highest BCUT2D eigenvalue weighted by Crippen LogP contribution is 2.30. The molecule has 1 aliphatic rings. The van der Waals surface area contributed by atoms with Crippen molar-refractivity contribution < 1.29 is 0 Å². The van der Waals surface area contributed by atoms with Crippen molar-refractivity contribution in [2.45, 2.75) is 19.9 Å². The Labute approximate surface area is 113 Å². The standard InChI is InChI=1S/C14H21BrN2/c1-11(2)14(17-8-6-16-7-9-17)12-4-3-5-13(15)10-12/h3-5,10-11,14,16H,6-9H2,1-2H3. The lowest BCUT2D eigenvalue weighted by atomic mass is 9.94. The summed E-state index contributed by atoms with van der Waals surface area (Å²) in [6.45, 7) is 9.14. The molecule has 0 aromatic heterocycles. The Morgan fingerprint density at radius 1 is 1.24 bits per heavy atom. The van der Waals surface area contributed by atoms with Crippen molar-refractivity contribution in [1.29, 1.82) is 0 Å². The third-order valence-corrected chi connectivity index (χ3v) is 3.86. The fourth-order valence-electron chi connectivity index (χ4n) is 2.67. The summed E-state index contributed by atoms with van der Waals surface area (Å²) in [5.74, 6) is 0.641. The van der Waals surface area contributed by atoms with Crippen molar-refractivity contribution in [2.75, 3.05) is 26.2 Å². The lowest BCUT2D eigenvalue weighted by molar-refractivity contribution is 0.137. The summed E-state index contributed by atoms with van der Waals surface area (Å²) in [6, 6.07) is 9.27. The van der Waals surface area contributed by atoms with Crippen molar-refractivity contribution in [3.05, 3.63) is 34.3 Å². The summed E-state index contributed by atoms with van der Waals surface area (Å²) >= 11 is 3.57. The Morgan fingerprint density at radius 2 is 1.94 bits per heavy atom. The molecular formula is C14H21BrN2. The molecule has 1 aromatic rings. The number of benzene rings is 1. The van der Waals surface area contributed by atoms with Crippen LogP contribution in [0.25, 0.3) is 0 Å². The van der Waals surface area contributed by atoms with Crippen LogP contribution in [-0.4, -0.2) is 31.1 Å². The molecule has 1 unspecified atom stereocenters. The van der Waals surface area contributed by atoms with Gasteiger partial charge in [0.1, 0.15) is 0 Å². The van der Waals surface area contributed by atoms with E-state index in [1.807, 2.05) is 0 Å². The molecule has 94 valence electrons. The molecule has 0 radical (unpaired) electrons. The van der Waals surface area contributed by atoms with Crippen molar-refractivity contribution in [3.63, 3.8) is 0 Å². The molecule has 0 bridgehead atoms. The zero-order valence-corrected chi connectivity index (χ0v) is 12.2. The van der Waals surface area contributed by atoms with Gasteiger partial charge < -0.3 is 5.32 Å². The Balaban J connectivity index is 2.21. The first kappa shape index (κ1) is 13.1. The first-order chi connectivity index (χ1) is 8.18. The SMILES string of the molecule is CC(C)C(c1cccc(Br)c1)N1CCNCC1. The van der Waals surface area contributed by atoms with Crippen LogP contribution in [0, 0.1) is 5.92 Å². The van der Waals surface area contributed by atoms with Crippen LogP contribution in [0.1, 0.15) is 25.5 Å². The van der Waals surface area contributed by atoms with Gasteiger partial charge in [-0.1, -0.05) is 41.9 Å². The second-order valence-corrected chi connectivity index (χ2v) is 5.95. The maximum Gasteiger partial charge on any atom is 0.0372 e. The molecular weight excluding hydrogens is 276 g/mol. The van der Waals surface area contributed by atoms with Gasteiger partial charge in [-0.3, -0.25) is 4.90 Å². The Kier molecular flexibility index (Phi) is 4.60. The number of hydrogen-bond acceptors (Lipinski definition) is 2. The van der Waals surface area contributed by atoms with Gasteiger partial charge in [0.25, 0.3) is 0 Å². The van der Waals surface area contributed by atoms with Gasteiger partial charge in [-0.15, -0.1) is 0 Å². The molecule has 17 heavy (non-hydrogen) atoms. The molecule has 1 fully saturated rings. The van der Waals surface area contributed by atoms with Gasteiger partial charge in [-0.25, -0.2) is 0 Å². The molecule has 0 amide bonds. The molecule has 1 atom stereocenters. The van der Waals surface area contributed by atoms with Gasteiger partial charge in [0.15, 0.2) is 0 Å². The Hall–Kier alpha value is -0.380. The van der Waals surface area contributed by atoms with Crippen LogP contribution in [-0.2, 0) is 0 Å². The van der Waals surface area contributed by atoms with E-state index in [1.165, 1.54) is 10.0 Å². The molecule has 1 saturated heterocycles. The highest BCUT2D eigenvalue weighted by Gasteiger charge is 2.24. The predicted octanol–water partition coefficient (Wildman–Crippen LogP) is 3.05. The molecule has 1 heterocycles. The first-order valence-corrected chi connectivity index (χ1v) is 7.18. The van der Waals surface area contributed by atoms with E-state index in [2.05, 4.69) is 64.3 Å². The summed E-state index contributed by atoms with van der Waals surface area (Å²) in [7, 11) is 0. The fraction of sp³-hybridized carbons (Fsp3) is 0.571. The van der Waals surface area contributed by atoms with Gasteiger partial charge in [-0.2, -0.15) is 0 Å². The smallest absolute Gasteiger partial charge is 0.0372 e. The van der Waals surface area contributed by atoms with E-state index in [0.717, 1.165) is 26.2 Å². The molecule has 2 rings (SSSR count). The van der Waals surface area contributed by atoms with Crippen molar-refractivity contribution >= 4 is 15.9 Å². The number of halogens is 1. The lowest BCUT2D eigenvalue weighted by Gasteiger charge is -2.37. The van der Waals surface area contributed by atoms with Crippen LogP contribution in [0.5, 0.6) is 0 Å². The van der Waals surface area contributed by atoms with Crippen molar-refractivity contribution in [2.24, 2.45) is 5.92 Å². The largest absolute Gasteiger partial charge is 0.314 e. The summed E-state index contributed by atoms with van der Waals surface area (Å²) in [4.78, 5) is 2.60. The van der Waals surface area contributed by atoms with Gasteiger partial charge in [0, 0.05) is 36.7 Å². The summed E-state index contributed by atoms with van der Waals surface area (Å²) in [5.41, 5.74) is 1.43. The molecule has 1 aromatic carbocycles. The summed E-state index contributed by atoms with van der Waals surface area (Å²) in [5, 5.41) is 3.42. The van der Waals surface area contributed by atoms with Gasteiger partial charge in [0.2, 0.25) is 0 Å². The maximum absolute atomic E-state index is 3.57. The monoisotopic (exact) mass is 296 g/mol. The Bertz CT molecular complexity index is 359. The van der Waals surface area contributed by atoms with E-state index < -0.39 is 0 Å². The van der Waals surface area contributed by atoms with Crippen LogP contribution in [0.3, 0.4) is 0 Å². The van der Waals surface area contributed by atoms with E-state index in [-0.39, 0.29) is 0 Å². The average molecular weight is 297 g/mol. The van der Waals surface area contributed by atoms with Gasteiger partial charge in [-0.05, 0) is 23.6 Å². The normalized spacial score (nSPS) is 19.5. The molecule has 3 heteroatoms. The molecule has 0 spiro atoms. The minimum Gasteiger partial charge on any atom is -0.314 e. The number of hydrogen-bond donors (Lipinski definition) is 1. The first-order valence-electron chi connectivity index (χ1n) is 6.38. The van der Waals surface area contributed by atoms with Crippen LogP contribution >= 0.6 is 15.9 Å². The quantitative estimate of drug-likeness (QED) is 0.922. The van der Waals surface area contributed by atoms with Crippen LogP contribution in [0.2, 0.25) is 0 Å². The summed E-state index contributed by atoms with van der Waals surface area (Å²) in [6.07, 6.45) is 0. The maximum atomic E-state index is 3.57. The minimum absolute atomic E-state index is 0.537. The van der Waals surface area contributed by atoms with Crippen molar-refractivity contribution in [1.82, 2.24) is 10.2 Å². The Morgan fingerprint density at radius 3 is 2.53 bits per heavy atom. The van der Waals surface area contributed by atoms with Crippen LogP contribution in [0.4, 0.5) is 0 Å². The van der Waals surface area contributed by atoms with E-state index in [4.69, 9.17) is 0 Å². The highest BCUT2D eigenvalue weighted by atomic mass is 79.9. The van der Waals surface area contributed by atoms with E-state index >= 15 is 0 Å². The fourth-order valence-corrected chi connectivity index (χ4v) is 3.09. The molecule has 1 aliphatic heterocycles. The van der Waals surface area contributed by atoms with Crippen molar-refractivity contribution in [3.8, 4) is 0 Å². The number of nitrogens with zero attached hydrogens (tertiary/aromatic N) is 1.